The SMILES string of the molecule is CC(C)Cc1cc(C=C2C=CC(=O)C=C2)cc(CC(C)C)c1O. The van der Waals surface area contributed by atoms with Gasteiger partial charge in [0, 0.05) is 0 Å². The van der Waals surface area contributed by atoms with E-state index in [0.717, 1.165) is 35.1 Å². The highest BCUT2D eigenvalue weighted by molar-refractivity contribution is 6.01. The minimum atomic E-state index is 0.0221. The van der Waals surface area contributed by atoms with Crippen LogP contribution in [0.25, 0.3) is 6.08 Å². The summed E-state index contributed by atoms with van der Waals surface area (Å²) in [7, 11) is 0. The number of hydrogen-bond acceptors (Lipinski definition) is 2. The van der Waals surface area contributed by atoms with Crippen LogP contribution in [0.1, 0.15) is 44.4 Å². The molecule has 0 amide bonds. The van der Waals surface area contributed by atoms with Gasteiger partial charge < -0.3 is 5.11 Å². The van der Waals surface area contributed by atoms with Gasteiger partial charge in [-0.15, -0.1) is 0 Å². The number of rotatable bonds is 5. The zero-order chi connectivity index (χ0) is 17.0. The van der Waals surface area contributed by atoms with Crippen molar-refractivity contribution >= 4 is 11.9 Å². The lowest BCUT2D eigenvalue weighted by atomic mass is 9.92. The summed E-state index contributed by atoms with van der Waals surface area (Å²) in [5.41, 5.74) is 4.09. The number of benzene rings is 1. The molecule has 0 saturated carbocycles. The lowest BCUT2D eigenvalue weighted by molar-refractivity contribution is -0.110. The number of hydrogen-bond donors (Lipinski definition) is 1. The second kappa shape index (κ2) is 7.45. The smallest absolute Gasteiger partial charge is 0.178 e. The average Bonchev–Trinajstić information content (AvgIpc) is 2.45. The van der Waals surface area contributed by atoms with Gasteiger partial charge in [-0.3, -0.25) is 4.79 Å². The first-order valence-electron chi connectivity index (χ1n) is 8.31. The maximum absolute atomic E-state index is 11.2. The molecule has 0 atom stereocenters. The molecule has 0 aliphatic heterocycles. The van der Waals surface area contributed by atoms with Gasteiger partial charge in [-0.2, -0.15) is 0 Å². The van der Waals surface area contributed by atoms with Crippen molar-refractivity contribution in [2.75, 3.05) is 0 Å². The number of aromatic hydroxyl groups is 1. The minimum absolute atomic E-state index is 0.0221. The van der Waals surface area contributed by atoms with Gasteiger partial charge in [-0.05, 0) is 77.3 Å². The molecule has 122 valence electrons. The van der Waals surface area contributed by atoms with Gasteiger partial charge in [0.1, 0.15) is 5.75 Å². The van der Waals surface area contributed by atoms with Gasteiger partial charge in [0.2, 0.25) is 0 Å². The number of carbonyl (C=O) groups is 1. The van der Waals surface area contributed by atoms with Crippen molar-refractivity contribution in [2.24, 2.45) is 11.8 Å². The molecule has 2 nitrogen and oxygen atoms in total. The number of phenols is 1. The van der Waals surface area contributed by atoms with Crippen molar-refractivity contribution in [3.8, 4) is 5.75 Å². The van der Waals surface area contributed by atoms with Crippen molar-refractivity contribution in [2.45, 2.75) is 40.5 Å². The monoisotopic (exact) mass is 310 g/mol. The summed E-state index contributed by atoms with van der Waals surface area (Å²) < 4.78 is 0. The van der Waals surface area contributed by atoms with Crippen molar-refractivity contribution in [3.05, 3.63) is 58.7 Å². The molecular formula is C21H26O2. The Hall–Kier alpha value is -2.09. The number of carbonyl (C=O) groups excluding carboxylic acids is 1. The van der Waals surface area contributed by atoms with Crippen LogP contribution in [-0.4, -0.2) is 10.9 Å². The Morgan fingerprint density at radius 2 is 1.39 bits per heavy atom. The van der Waals surface area contributed by atoms with E-state index < -0.39 is 0 Å². The molecule has 0 fully saturated rings. The van der Waals surface area contributed by atoms with Crippen LogP contribution in [0.4, 0.5) is 0 Å². The first kappa shape index (κ1) is 17.3. The fourth-order valence-electron chi connectivity index (χ4n) is 2.82. The Kier molecular flexibility index (Phi) is 5.59. The van der Waals surface area contributed by atoms with E-state index in [9.17, 15) is 9.90 Å². The average molecular weight is 310 g/mol. The highest BCUT2D eigenvalue weighted by Crippen LogP contribution is 2.30. The Balaban J connectivity index is 2.42. The van der Waals surface area contributed by atoms with Gasteiger partial charge in [0.05, 0.1) is 0 Å². The summed E-state index contributed by atoms with van der Waals surface area (Å²) in [6.07, 6.45) is 10.6. The van der Waals surface area contributed by atoms with E-state index in [4.69, 9.17) is 0 Å². The standard InChI is InChI=1S/C21H26O2/c1-14(2)9-18-12-17(11-16-5-7-20(22)8-6-16)13-19(21(18)23)10-15(3)4/h5-8,11-15,23H,9-10H2,1-4H3. The molecule has 1 aliphatic rings. The molecule has 2 heteroatoms. The highest BCUT2D eigenvalue weighted by atomic mass is 16.3. The van der Waals surface area contributed by atoms with Crippen LogP contribution in [-0.2, 0) is 17.6 Å². The van der Waals surface area contributed by atoms with E-state index in [0.29, 0.717) is 17.6 Å². The van der Waals surface area contributed by atoms with Crippen LogP contribution >= 0.6 is 0 Å². The second-order valence-electron chi connectivity index (χ2n) is 7.10. The van der Waals surface area contributed by atoms with Crippen molar-refractivity contribution < 1.29 is 9.90 Å². The van der Waals surface area contributed by atoms with Gasteiger partial charge >= 0.3 is 0 Å². The molecule has 1 aromatic rings. The fourth-order valence-corrected chi connectivity index (χ4v) is 2.82. The first-order chi connectivity index (χ1) is 10.8. The Labute approximate surface area is 139 Å². The lowest BCUT2D eigenvalue weighted by Crippen LogP contribution is -2.01. The first-order valence-corrected chi connectivity index (χ1v) is 8.31. The third-order valence-electron chi connectivity index (χ3n) is 3.76. The number of phenolic OH excluding ortho intramolecular Hbond substituents is 1. The molecule has 0 spiro atoms. The van der Waals surface area contributed by atoms with Gasteiger partial charge in [-0.1, -0.05) is 39.8 Å². The maximum Gasteiger partial charge on any atom is 0.178 e. The predicted molar refractivity (Wildman–Crippen MR) is 96.5 cm³/mol. The van der Waals surface area contributed by atoms with E-state index >= 15 is 0 Å². The third kappa shape index (κ3) is 4.95. The summed E-state index contributed by atoms with van der Waals surface area (Å²) in [5.74, 6) is 1.44. The number of allylic oxidation sites excluding steroid dienone is 5. The van der Waals surface area contributed by atoms with Crippen LogP contribution in [0.2, 0.25) is 0 Å². The summed E-state index contributed by atoms with van der Waals surface area (Å²) in [4.78, 5) is 11.2. The summed E-state index contributed by atoms with van der Waals surface area (Å²) >= 11 is 0. The molecule has 0 heterocycles. The van der Waals surface area contributed by atoms with E-state index in [1.165, 1.54) is 0 Å². The van der Waals surface area contributed by atoms with Crippen molar-refractivity contribution in [1.82, 2.24) is 0 Å². The minimum Gasteiger partial charge on any atom is -0.507 e. The van der Waals surface area contributed by atoms with Crippen LogP contribution in [0.3, 0.4) is 0 Å². The zero-order valence-electron chi connectivity index (χ0n) is 14.5. The van der Waals surface area contributed by atoms with Crippen LogP contribution < -0.4 is 0 Å². The maximum atomic E-state index is 11.2. The van der Waals surface area contributed by atoms with Gasteiger partial charge in [0.15, 0.2) is 5.78 Å². The second-order valence-corrected chi connectivity index (χ2v) is 7.10. The molecule has 0 bridgehead atoms. The van der Waals surface area contributed by atoms with Crippen LogP contribution in [0, 0.1) is 11.8 Å². The van der Waals surface area contributed by atoms with Crippen molar-refractivity contribution in [1.29, 1.82) is 0 Å². The van der Waals surface area contributed by atoms with E-state index in [2.05, 4.69) is 45.9 Å². The quantitative estimate of drug-likeness (QED) is 0.842. The topological polar surface area (TPSA) is 37.3 Å². The molecule has 0 radical (unpaired) electrons. The van der Waals surface area contributed by atoms with E-state index in [-0.39, 0.29) is 5.78 Å². The van der Waals surface area contributed by atoms with E-state index in [1.54, 1.807) is 12.2 Å². The van der Waals surface area contributed by atoms with E-state index in [1.807, 2.05) is 12.2 Å². The molecule has 0 saturated heterocycles. The fraction of sp³-hybridized carbons (Fsp3) is 0.381. The van der Waals surface area contributed by atoms with Gasteiger partial charge in [-0.25, -0.2) is 0 Å². The molecule has 2 rings (SSSR count). The molecular weight excluding hydrogens is 284 g/mol. The molecule has 1 aromatic carbocycles. The van der Waals surface area contributed by atoms with Crippen LogP contribution in [0.5, 0.6) is 5.75 Å². The lowest BCUT2D eigenvalue weighted by Gasteiger charge is -2.15. The summed E-state index contributed by atoms with van der Waals surface area (Å²) in [6.45, 7) is 8.63. The largest absolute Gasteiger partial charge is 0.507 e. The number of ketones is 1. The Bertz CT molecular complexity index is 624. The van der Waals surface area contributed by atoms with Crippen molar-refractivity contribution in [3.63, 3.8) is 0 Å². The highest BCUT2D eigenvalue weighted by Gasteiger charge is 2.12. The molecule has 1 aliphatic carbocycles. The Morgan fingerprint density at radius 1 is 0.913 bits per heavy atom. The molecule has 0 unspecified atom stereocenters. The molecule has 1 N–H and O–H groups in total. The summed E-state index contributed by atoms with van der Waals surface area (Å²) in [5, 5.41) is 10.6. The Morgan fingerprint density at radius 3 is 1.83 bits per heavy atom. The summed E-state index contributed by atoms with van der Waals surface area (Å²) in [6, 6.07) is 4.12. The normalized spacial score (nSPS) is 14.2. The predicted octanol–water partition coefficient (Wildman–Crippen LogP) is 4.87. The zero-order valence-corrected chi connectivity index (χ0v) is 14.5. The molecule has 0 aromatic heterocycles. The third-order valence-corrected chi connectivity index (χ3v) is 3.76. The van der Waals surface area contributed by atoms with Gasteiger partial charge in [0.25, 0.3) is 0 Å². The molecule has 23 heavy (non-hydrogen) atoms. The van der Waals surface area contributed by atoms with Crippen LogP contribution in [0.15, 0.2) is 42.0 Å².